The van der Waals surface area contributed by atoms with Crippen LogP contribution >= 0.6 is 23.3 Å². The van der Waals surface area contributed by atoms with Crippen molar-refractivity contribution in [2.24, 2.45) is 0 Å². The van der Waals surface area contributed by atoms with E-state index in [1.807, 2.05) is 31.2 Å². The Morgan fingerprint density at radius 2 is 2.25 bits per heavy atom. The molecule has 0 radical (unpaired) electrons. The molecule has 0 saturated carbocycles. The van der Waals surface area contributed by atoms with Gasteiger partial charge in [0.25, 0.3) is 0 Å². The highest BCUT2D eigenvalue weighted by Gasteiger charge is 2.11. The Balaban J connectivity index is 2.30. The maximum absolute atomic E-state index is 11.7. The zero-order valence-electron chi connectivity index (χ0n) is 8.71. The van der Waals surface area contributed by atoms with Gasteiger partial charge in [-0.2, -0.15) is 4.37 Å². The van der Waals surface area contributed by atoms with Crippen LogP contribution in [0, 0.1) is 0 Å². The van der Waals surface area contributed by atoms with E-state index in [1.54, 1.807) is 0 Å². The Hall–Kier alpha value is -1.20. The molecule has 0 spiro atoms. The molecule has 1 aromatic heterocycles. The van der Waals surface area contributed by atoms with E-state index in [2.05, 4.69) is 9.36 Å². The molecule has 0 fully saturated rings. The van der Waals surface area contributed by atoms with Crippen LogP contribution in [-0.4, -0.2) is 15.1 Å². The highest BCUT2D eigenvalue weighted by molar-refractivity contribution is 8.01. The van der Waals surface area contributed by atoms with Gasteiger partial charge in [0.1, 0.15) is 6.33 Å². The average molecular weight is 250 g/mol. The maximum Gasteiger partial charge on any atom is 0.174 e. The van der Waals surface area contributed by atoms with Crippen LogP contribution in [0.2, 0.25) is 0 Å². The predicted octanol–water partition coefficient (Wildman–Crippen LogP) is 3.28. The van der Waals surface area contributed by atoms with Crippen molar-refractivity contribution in [2.45, 2.75) is 22.6 Å². The fraction of sp³-hybridized carbons (Fsp3) is 0.182. The molecule has 0 aliphatic heterocycles. The first kappa shape index (κ1) is 11.3. The lowest BCUT2D eigenvalue weighted by molar-refractivity contribution is 0.0985. The Bertz CT molecular complexity index is 482. The summed E-state index contributed by atoms with van der Waals surface area (Å²) in [6, 6.07) is 7.60. The smallest absolute Gasteiger partial charge is 0.174 e. The average Bonchev–Trinajstić information content (AvgIpc) is 2.82. The Kier molecular flexibility index (Phi) is 3.69. The summed E-state index contributed by atoms with van der Waals surface area (Å²) in [5.41, 5.74) is 0.769. The summed E-state index contributed by atoms with van der Waals surface area (Å²) in [5, 5.41) is 0. The second kappa shape index (κ2) is 5.23. The van der Waals surface area contributed by atoms with E-state index >= 15 is 0 Å². The fourth-order valence-corrected chi connectivity index (χ4v) is 2.83. The van der Waals surface area contributed by atoms with Crippen molar-refractivity contribution in [1.29, 1.82) is 0 Å². The number of aromatic nitrogens is 2. The third-order valence-corrected chi connectivity index (χ3v) is 3.84. The maximum atomic E-state index is 11.7. The zero-order chi connectivity index (χ0) is 11.4. The van der Waals surface area contributed by atoms with E-state index in [1.165, 1.54) is 29.6 Å². The summed E-state index contributed by atoms with van der Waals surface area (Å²) in [6.45, 7) is 1.87. The Labute approximate surface area is 102 Å². The molecule has 3 nitrogen and oxygen atoms in total. The van der Waals surface area contributed by atoms with Crippen molar-refractivity contribution < 1.29 is 4.79 Å². The van der Waals surface area contributed by atoms with Crippen LogP contribution < -0.4 is 0 Å². The van der Waals surface area contributed by atoms with Gasteiger partial charge < -0.3 is 0 Å². The number of hydrogen-bond acceptors (Lipinski definition) is 5. The molecule has 0 aliphatic carbocycles. The van der Waals surface area contributed by atoms with Gasteiger partial charge in [-0.25, -0.2) is 4.98 Å². The Morgan fingerprint density at radius 3 is 2.94 bits per heavy atom. The van der Waals surface area contributed by atoms with Crippen molar-refractivity contribution >= 4 is 29.1 Å². The van der Waals surface area contributed by atoms with Gasteiger partial charge in [0.05, 0.1) is 0 Å². The third-order valence-electron chi connectivity index (χ3n) is 2.05. The number of benzene rings is 1. The second-order valence-electron chi connectivity index (χ2n) is 3.08. The van der Waals surface area contributed by atoms with Crippen LogP contribution in [0.1, 0.15) is 23.7 Å². The number of nitrogens with zero attached hydrogens (tertiary/aromatic N) is 2. The third kappa shape index (κ3) is 2.48. The molecule has 0 N–H and O–H groups in total. The number of Topliss-reactive ketones (excluding diaryl/α,β-unsaturated/α-hetero) is 1. The fourth-order valence-electron chi connectivity index (χ4n) is 1.28. The molecule has 82 valence electrons. The molecule has 0 atom stereocenters. The molecular formula is C11H10N2OS2. The molecule has 1 heterocycles. The van der Waals surface area contributed by atoms with E-state index in [9.17, 15) is 4.79 Å². The topological polar surface area (TPSA) is 42.9 Å². The van der Waals surface area contributed by atoms with Crippen LogP contribution in [0.25, 0.3) is 0 Å². The number of carbonyl (C=O) groups is 1. The molecule has 5 heteroatoms. The first-order valence-electron chi connectivity index (χ1n) is 4.88. The van der Waals surface area contributed by atoms with Crippen LogP contribution in [0.15, 0.2) is 39.8 Å². The molecule has 0 bridgehead atoms. The van der Waals surface area contributed by atoms with Crippen LogP contribution in [-0.2, 0) is 0 Å². The minimum absolute atomic E-state index is 0.160. The molecule has 1 aromatic carbocycles. The van der Waals surface area contributed by atoms with Gasteiger partial charge in [-0.1, -0.05) is 36.9 Å². The molecule has 2 aromatic rings. The summed E-state index contributed by atoms with van der Waals surface area (Å²) in [4.78, 5) is 16.8. The van der Waals surface area contributed by atoms with Crippen molar-refractivity contribution in [1.82, 2.24) is 9.36 Å². The highest BCUT2D eigenvalue weighted by Crippen LogP contribution is 2.31. The van der Waals surface area contributed by atoms with Gasteiger partial charge in [-0.3, -0.25) is 4.79 Å². The van der Waals surface area contributed by atoms with Gasteiger partial charge in [0, 0.05) is 16.9 Å². The number of rotatable bonds is 4. The quantitative estimate of drug-likeness (QED) is 0.781. The summed E-state index contributed by atoms with van der Waals surface area (Å²) in [6.07, 6.45) is 2.05. The molecule has 16 heavy (non-hydrogen) atoms. The number of ketones is 1. The SMILES string of the molecule is CCC(=O)c1ccccc1Sc1ncns1. The summed E-state index contributed by atoms with van der Waals surface area (Å²) < 4.78 is 4.80. The summed E-state index contributed by atoms with van der Waals surface area (Å²) in [5.74, 6) is 0.160. The molecular weight excluding hydrogens is 240 g/mol. The first-order chi connectivity index (χ1) is 7.81. The van der Waals surface area contributed by atoms with E-state index in [-0.39, 0.29) is 5.78 Å². The van der Waals surface area contributed by atoms with Crippen molar-refractivity contribution in [2.75, 3.05) is 0 Å². The van der Waals surface area contributed by atoms with Gasteiger partial charge in [-0.05, 0) is 17.6 Å². The largest absolute Gasteiger partial charge is 0.294 e. The lowest BCUT2D eigenvalue weighted by atomic mass is 10.1. The number of carbonyl (C=O) groups excluding carboxylic acids is 1. The zero-order valence-corrected chi connectivity index (χ0v) is 10.3. The van der Waals surface area contributed by atoms with Crippen LogP contribution in [0.4, 0.5) is 0 Å². The van der Waals surface area contributed by atoms with E-state index < -0.39 is 0 Å². The summed E-state index contributed by atoms with van der Waals surface area (Å²) >= 11 is 2.82. The minimum atomic E-state index is 0.160. The molecule has 0 aliphatic rings. The second-order valence-corrected chi connectivity index (χ2v) is 5.15. The molecule has 0 saturated heterocycles. The van der Waals surface area contributed by atoms with Crippen molar-refractivity contribution in [3.63, 3.8) is 0 Å². The van der Waals surface area contributed by atoms with Crippen molar-refractivity contribution in [3.8, 4) is 0 Å². The van der Waals surface area contributed by atoms with Gasteiger partial charge in [-0.15, -0.1) is 0 Å². The summed E-state index contributed by atoms with van der Waals surface area (Å²) in [7, 11) is 0. The molecule has 0 unspecified atom stereocenters. The monoisotopic (exact) mass is 250 g/mol. The van der Waals surface area contributed by atoms with E-state index in [4.69, 9.17) is 0 Å². The Morgan fingerprint density at radius 1 is 1.44 bits per heavy atom. The first-order valence-corrected chi connectivity index (χ1v) is 6.47. The number of hydrogen-bond donors (Lipinski definition) is 0. The van der Waals surface area contributed by atoms with Crippen molar-refractivity contribution in [3.05, 3.63) is 36.2 Å². The van der Waals surface area contributed by atoms with Crippen LogP contribution in [0.5, 0.6) is 0 Å². The lowest BCUT2D eigenvalue weighted by Crippen LogP contribution is -1.98. The van der Waals surface area contributed by atoms with Crippen LogP contribution in [0.3, 0.4) is 0 Å². The molecule has 0 amide bonds. The molecule has 2 rings (SSSR count). The lowest BCUT2D eigenvalue weighted by Gasteiger charge is -2.04. The normalized spacial score (nSPS) is 10.3. The van der Waals surface area contributed by atoms with E-state index in [0.717, 1.165) is 14.8 Å². The highest BCUT2D eigenvalue weighted by atomic mass is 32.2. The van der Waals surface area contributed by atoms with Gasteiger partial charge in [0.15, 0.2) is 10.1 Å². The van der Waals surface area contributed by atoms with E-state index in [0.29, 0.717) is 6.42 Å². The van der Waals surface area contributed by atoms with Gasteiger partial charge >= 0.3 is 0 Å². The minimum Gasteiger partial charge on any atom is -0.294 e. The predicted molar refractivity (Wildman–Crippen MR) is 65.1 cm³/mol. The van der Waals surface area contributed by atoms with Gasteiger partial charge in [0.2, 0.25) is 0 Å². The standard InChI is InChI=1S/C11H10N2OS2/c1-2-9(14)8-5-3-4-6-10(8)15-11-12-7-13-16-11/h3-7H,2H2,1H3.